The zero-order valence-corrected chi connectivity index (χ0v) is 5.14. The van der Waals surface area contributed by atoms with E-state index >= 15 is 0 Å². The number of hydrogen-bond acceptors (Lipinski definition) is 2. The summed E-state index contributed by atoms with van der Waals surface area (Å²) in [6.45, 7) is 5.83. The lowest BCUT2D eigenvalue weighted by Gasteiger charge is -1.76. The molecule has 0 rings (SSSR count). The molecule has 0 heterocycles. The molecule has 0 aromatic carbocycles. The van der Waals surface area contributed by atoms with Crippen molar-refractivity contribution in [2.75, 3.05) is 0 Å². The van der Waals surface area contributed by atoms with Gasteiger partial charge in [-0.3, -0.25) is 0 Å². The molecule has 44 valence electrons. The minimum atomic E-state index is 1.40. The second-order valence-corrected chi connectivity index (χ2v) is 0.605. The Morgan fingerprint density at radius 3 is 1.86 bits per heavy atom. The highest BCUT2D eigenvalue weighted by molar-refractivity contribution is 4.62. The monoisotopic (exact) mass is 103 g/mol. The molecule has 0 bridgehead atoms. The Labute approximate surface area is 44.9 Å². The van der Waals surface area contributed by atoms with Crippen LogP contribution in [0, 0.1) is 0 Å². The number of hydrogen-bond donors (Lipinski definition) is 1. The molecule has 0 aliphatic heterocycles. The van der Waals surface area contributed by atoms with E-state index in [4.69, 9.17) is 0 Å². The van der Waals surface area contributed by atoms with Gasteiger partial charge in [-0.15, -0.1) is 0 Å². The van der Waals surface area contributed by atoms with E-state index in [2.05, 4.69) is 10.7 Å². The van der Waals surface area contributed by atoms with Gasteiger partial charge >= 0.3 is 0 Å². The Bertz CT molecular complexity index is 35.1. The van der Waals surface area contributed by atoms with Crippen molar-refractivity contribution < 1.29 is 4.84 Å². The predicted octanol–water partition coefficient (Wildman–Crippen LogP) is 1.44. The van der Waals surface area contributed by atoms with Crippen LogP contribution in [0.1, 0.15) is 20.8 Å². The number of nitrogens with two attached hydrogens (primary N) is 1. The lowest BCUT2D eigenvalue weighted by molar-refractivity contribution is 0.260. The normalized spacial score (nSPS) is 7.43. The summed E-state index contributed by atoms with van der Waals surface area (Å²) >= 11 is 0. The fourth-order valence-corrected chi connectivity index (χ4v) is 0.0786. The third-order valence-electron chi connectivity index (χ3n) is 0.215. The van der Waals surface area contributed by atoms with E-state index in [0.29, 0.717) is 0 Å². The van der Waals surface area contributed by atoms with Gasteiger partial charge < -0.3 is 4.84 Å². The molecule has 0 radical (unpaired) electrons. The molecule has 0 saturated carbocycles. The first-order chi connectivity index (χ1) is 3.41. The van der Waals surface area contributed by atoms with Crippen LogP contribution in [0.5, 0.6) is 0 Å². The summed E-state index contributed by atoms with van der Waals surface area (Å²) in [6.07, 6.45) is 3.11. The van der Waals surface area contributed by atoms with Gasteiger partial charge in [0.25, 0.3) is 0 Å². The van der Waals surface area contributed by atoms with Gasteiger partial charge in [0, 0.05) is 0 Å². The summed E-state index contributed by atoms with van der Waals surface area (Å²) in [7, 11) is 0. The van der Waals surface area contributed by atoms with Crippen molar-refractivity contribution in [3.05, 3.63) is 12.3 Å². The van der Waals surface area contributed by atoms with E-state index in [0.717, 1.165) is 0 Å². The van der Waals surface area contributed by atoms with Crippen LogP contribution in [-0.4, -0.2) is 0 Å². The lowest BCUT2D eigenvalue weighted by Crippen LogP contribution is -1.86. The van der Waals surface area contributed by atoms with Crippen molar-refractivity contribution in [2.24, 2.45) is 5.90 Å². The Kier molecular flexibility index (Phi) is 24.7. The molecule has 2 N–H and O–H groups in total. The van der Waals surface area contributed by atoms with Crippen LogP contribution in [0.25, 0.3) is 0 Å². The minimum Gasteiger partial charge on any atom is -0.420 e. The summed E-state index contributed by atoms with van der Waals surface area (Å²) in [5.41, 5.74) is 0. The van der Waals surface area contributed by atoms with Gasteiger partial charge in [-0.25, -0.2) is 0 Å². The molecule has 0 spiro atoms. The molecule has 0 aromatic rings. The van der Waals surface area contributed by atoms with Crippen LogP contribution < -0.4 is 5.90 Å². The highest BCUT2D eigenvalue weighted by atomic mass is 16.6. The first-order valence-corrected chi connectivity index (χ1v) is 2.38. The van der Waals surface area contributed by atoms with Gasteiger partial charge in [-0.05, 0) is 6.92 Å². The number of allylic oxidation sites excluding steroid dienone is 1. The maximum absolute atomic E-state index is 4.55. The molecular weight excluding hydrogens is 90.1 g/mol. The second kappa shape index (κ2) is 17.8. The molecule has 0 atom stereocenters. The molecule has 0 aliphatic rings. The van der Waals surface area contributed by atoms with Crippen LogP contribution in [0.4, 0.5) is 0 Å². The fourth-order valence-electron chi connectivity index (χ4n) is 0.0786. The molecule has 0 unspecified atom stereocenters. The molecule has 0 aliphatic carbocycles. The van der Waals surface area contributed by atoms with E-state index < -0.39 is 0 Å². The van der Waals surface area contributed by atoms with E-state index in [1.165, 1.54) is 6.26 Å². The average Bonchev–Trinajstić information content (AvgIpc) is 1.75. The minimum absolute atomic E-state index is 1.40. The first kappa shape index (κ1) is 9.71. The summed E-state index contributed by atoms with van der Waals surface area (Å²) in [6, 6.07) is 0. The Morgan fingerprint density at radius 2 is 1.86 bits per heavy atom. The predicted molar refractivity (Wildman–Crippen MR) is 31.4 cm³/mol. The Balaban J connectivity index is 0. The Morgan fingerprint density at radius 1 is 1.43 bits per heavy atom. The van der Waals surface area contributed by atoms with Crippen molar-refractivity contribution in [1.82, 2.24) is 0 Å². The standard InChI is InChI=1S/C3H7NO.C2H6/c1-2-3-5-4;1-2/h2-3H,4H2,1H3;1-2H3/b3-2-;. The van der Waals surface area contributed by atoms with Crippen molar-refractivity contribution in [2.45, 2.75) is 20.8 Å². The summed E-state index contributed by atoms with van der Waals surface area (Å²) in [4.78, 5) is 4.01. The van der Waals surface area contributed by atoms with Crippen molar-refractivity contribution >= 4 is 0 Å². The molecule has 0 aromatic heterocycles. The highest BCUT2D eigenvalue weighted by Gasteiger charge is 1.47. The summed E-state index contributed by atoms with van der Waals surface area (Å²) in [5.74, 6) is 4.55. The Hall–Kier alpha value is -0.500. The van der Waals surface area contributed by atoms with E-state index in [1.807, 2.05) is 20.8 Å². The van der Waals surface area contributed by atoms with Gasteiger partial charge in [-0.2, -0.15) is 5.90 Å². The van der Waals surface area contributed by atoms with E-state index in [-0.39, 0.29) is 0 Å². The van der Waals surface area contributed by atoms with Crippen LogP contribution in [0.3, 0.4) is 0 Å². The van der Waals surface area contributed by atoms with Crippen molar-refractivity contribution in [3.63, 3.8) is 0 Å². The molecule has 7 heavy (non-hydrogen) atoms. The maximum atomic E-state index is 4.55. The van der Waals surface area contributed by atoms with Crippen molar-refractivity contribution in [3.8, 4) is 0 Å². The third kappa shape index (κ3) is 29.9. The lowest BCUT2D eigenvalue weighted by atomic mass is 10.7. The van der Waals surface area contributed by atoms with Gasteiger partial charge in [0.15, 0.2) is 0 Å². The van der Waals surface area contributed by atoms with E-state index in [1.54, 1.807) is 6.08 Å². The van der Waals surface area contributed by atoms with Gasteiger partial charge in [-0.1, -0.05) is 19.9 Å². The third-order valence-corrected chi connectivity index (χ3v) is 0.215. The topological polar surface area (TPSA) is 35.2 Å². The number of rotatable bonds is 1. The van der Waals surface area contributed by atoms with Crippen molar-refractivity contribution in [1.29, 1.82) is 0 Å². The molecule has 0 amide bonds. The molecule has 0 saturated heterocycles. The van der Waals surface area contributed by atoms with Crippen LogP contribution >= 0.6 is 0 Å². The quantitative estimate of drug-likeness (QED) is 0.402. The zero-order valence-electron chi connectivity index (χ0n) is 5.14. The summed E-state index contributed by atoms with van der Waals surface area (Å²) in [5, 5.41) is 0. The van der Waals surface area contributed by atoms with Gasteiger partial charge in [0.05, 0.1) is 0 Å². The second-order valence-electron chi connectivity index (χ2n) is 0.605. The zero-order chi connectivity index (χ0) is 6.12. The highest BCUT2D eigenvalue weighted by Crippen LogP contribution is 1.60. The molecule has 2 heteroatoms. The summed E-state index contributed by atoms with van der Waals surface area (Å²) < 4.78 is 0. The maximum Gasteiger partial charge on any atom is 0.106 e. The molecule has 2 nitrogen and oxygen atoms in total. The largest absolute Gasteiger partial charge is 0.420 e. The van der Waals surface area contributed by atoms with E-state index in [9.17, 15) is 0 Å². The first-order valence-electron chi connectivity index (χ1n) is 2.38. The van der Waals surface area contributed by atoms with Crippen LogP contribution in [-0.2, 0) is 4.84 Å². The van der Waals surface area contributed by atoms with Crippen LogP contribution in [0.15, 0.2) is 12.3 Å². The fraction of sp³-hybridized carbons (Fsp3) is 0.600. The molecular formula is C5H13NO. The van der Waals surface area contributed by atoms with Gasteiger partial charge in [0.2, 0.25) is 0 Å². The van der Waals surface area contributed by atoms with Gasteiger partial charge in [0.1, 0.15) is 6.26 Å². The van der Waals surface area contributed by atoms with Crippen LogP contribution in [0.2, 0.25) is 0 Å². The SMILES string of the molecule is C/C=C\ON.CC. The average molecular weight is 103 g/mol. The molecule has 0 fully saturated rings. The smallest absolute Gasteiger partial charge is 0.106 e.